The second-order valence-corrected chi connectivity index (χ2v) is 4.63. The molecule has 2 rings (SSSR count). The van der Waals surface area contributed by atoms with Gasteiger partial charge in [0.05, 0.1) is 4.88 Å². The molecule has 0 radical (unpaired) electrons. The van der Waals surface area contributed by atoms with Gasteiger partial charge in [-0.3, -0.25) is 4.79 Å². The van der Waals surface area contributed by atoms with E-state index >= 15 is 0 Å². The van der Waals surface area contributed by atoms with E-state index in [-0.39, 0.29) is 0 Å². The van der Waals surface area contributed by atoms with Crippen LogP contribution in [0.5, 0.6) is 0 Å². The summed E-state index contributed by atoms with van der Waals surface area (Å²) in [5, 5.41) is 1.99. The van der Waals surface area contributed by atoms with E-state index in [9.17, 15) is 4.79 Å². The van der Waals surface area contributed by atoms with Crippen LogP contribution in [0.1, 0.15) is 9.67 Å². The van der Waals surface area contributed by atoms with Crippen molar-refractivity contribution in [2.24, 2.45) is 0 Å². The summed E-state index contributed by atoms with van der Waals surface area (Å²) in [6.07, 6.45) is 0.880. The Morgan fingerprint density at radius 3 is 2.71 bits per heavy atom. The first kappa shape index (κ1) is 9.62. The standard InChI is InChI=1S/C11H7BrOS/c12-11-4-2-1-3-10(11)8-5-9(6-13)14-7-8/h1-7H. The van der Waals surface area contributed by atoms with Crippen molar-refractivity contribution in [1.29, 1.82) is 0 Å². The molecule has 1 nitrogen and oxygen atoms in total. The molecule has 1 aromatic carbocycles. The number of thiophene rings is 1. The van der Waals surface area contributed by atoms with Crippen molar-refractivity contribution in [3.05, 3.63) is 45.1 Å². The first-order chi connectivity index (χ1) is 6.81. The minimum atomic E-state index is 0.760. The molecule has 0 amide bonds. The van der Waals surface area contributed by atoms with Gasteiger partial charge in [0, 0.05) is 4.47 Å². The summed E-state index contributed by atoms with van der Waals surface area (Å²) in [7, 11) is 0. The lowest BCUT2D eigenvalue weighted by Crippen LogP contribution is -1.75. The maximum atomic E-state index is 10.5. The van der Waals surface area contributed by atoms with Gasteiger partial charge in [-0.05, 0) is 28.6 Å². The second-order valence-electron chi connectivity index (χ2n) is 2.84. The first-order valence-corrected chi connectivity index (χ1v) is 5.77. The van der Waals surface area contributed by atoms with E-state index in [0.29, 0.717) is 0 Å². The SMILES string of the molecule is O=Cc1cc(-c2ccccc2Br)cs1. The number of carbonyl (C=O) groups is 1. The molecule has 0 fully saturated rings. The van der Waals surface area contributed by atoms with Crippen LogP contribution >= 0.6 is 27.3 Å². The molecular weight excluding hydrogens is 260 g/mol. The third-order valence-corrected chi connectivity index (χ3v) is 3.47. The minimum Gasteiger partial charge on any atom is -0.297 e. The summed E-state index contributed by atoms with van der Waals surface area (Å²) in [6.45, 7) is 0. The first-order valence-electron chi connectivity index (χ1n) is 4.10. The van der Waals surface area contributed by atoms with Crippen LogP contribution < -0.4 is 0 Å². The molecule has 0 aliphatic heterocycles. The van der Waals surface area contributed by atoms with Gasteiger partial charge in [-0.15, -0.1) is 11.3 Å². The number of carbonyl (C=O) groups excluding carboxylic acids is 1. The Bertz CT molecular complexity index is 462. The highest BCUT2D eigenvalue weighted by Gasteiger charge is 2.04. The third kappa shape index (κ3) is 1.79. The average molecular weight is 267 g/mol. The van der Waals surface area contributed by atoms with Crippen molar-refractivity contribution in [2.75, 3.05) is 0 Å². The second kappa shape index (κ2) is 4.07. The third-order valence-electron chi connectivity index (χ3n) is 1.92. The molecule has 0 saturated carbocycles. The maximum Gasteiger partial charge on any atom is 0.160 e. The molecule has 0 aliphatic carbocycles. The average Bonchev–Trinajstić information content (AvgIpc) is 2.67. The fourth-order valence-electron chi connectivity index (χ4n) is 1.25. The minimum absolute atomic E-state index is 0.760. The quantitative estimate of drug-likeness (QED) is 0.752. The lowest BCUT2D eigenvalue weighted by Gasteiger charge is -1.99. The zero-order chi connectivity index (χ0) is 9.97. The van der Waals surface area contributed by atoms with Crippen LogP contribution in [0, 0.1) is 0 Å². The van der Waals surface area contributed by atoms with E-state index in [0.717, 1.165) is 26.8 Å². The summed E-state index contributed by atoms with van der Waals surface area (Å²) >= 11 is 4.94. The van der Waals surface area contributed by atoms with E-state index < -0.39 is 0 Å². The zero-order valence-electron chi connectivity index (χ0n) is 7.24. The molecule has 14 heavy (non-hydrogen) atoms. The number of hydrogen-bond acceptors (Lipinski definition) is 2. The molecule has 70 valence electrons. The van der Waals surface area contributed by atoms with Gasteiger partial charge < -0.3 is 0 Å². The molecule has 0 spiro atoms. The van der Waals surface area contributed by atoms with E-state index in [2.05, 4.69) is 15.9 Å². The molecule has 0 bridgehead atoms. The van der Waals surface area contributed by atoms with Gasteiger partial charge in [0.25, 0.3) is 0 Å². The maximum absolute atomic E-state index is 10.5. The lowest BCUT2D eigenvalue weighted by molar-refractivity contribution is 0.112. The van der Waals surface area contributed by atoms with Crippen molar-refractivity contribution >= 4 is 33.6 Å². The Morgan fingerprint density at radius 2 is 2.07 bits per heavy atom. The Kier molecular flexibility index (Phi) is 2.79. The number of benzene rings is 1. The Labute approximate surface area is 94.5 Å². The molecule has 1 heterocycles. The van der Waals surface area contributed by atoms with Crippen molar-refractivity contribution in [1.82, 2.24) is 0 Å². The van der Waals surface area contributed by atoms with Gasteiger partial charge in [0.2, 0.25) is 0 Å². The van der Waals surface area contributed by atoms with Crippen LogP contribution in [0.3, 0.4) is 0 Å². The van der Waals surface area contributed by atoms with Crippen molar-refractivity contribution in [2.45, 2.75) is 0 Å². The van der Waals surface area contributed by atoms with E-state index in [1.807, 2.05) is 35.7 Å². The van der Waals surface area contributed by atoms with Gasteiger partial charge in [-0.1, -0.05) is 34.1 Å². The van der Waals surface area contributed by atoms with Gasteiger partial charge >= 0.3 is 0 Å². The highest BCUT2D eigenvalue weighted by atomic mass is 79.9. The van der Waals surface area contributed by atoms with E-state index in [1.54, 1.807) is 0 Å². The van der Waals surface area contributed by atoms with Crippen molar-refractivity contribution in [3.8, 4) is 11.1 Å². The van der Waals surface area contributed by atoms with Crippen LogP contribution in [-0.4, -0.2) is 6.29 Å². The Hall–Kier alpha value is -0.930. The molecule has 3 heteroatoms. The van der Waals surface area contributed by atoms with Gasteiger partial charge in [-0.2, -0.15) is 0 Å². The molecule has 0 saturated heterocycles. The Morgan fingerprint density at radius 1 is 1.29 bits per heavy atom. The van der Waals surface area contributed by atoms with Crippen LogP contribution in [0.4, 0.5) is 0 Å². The molecule has 1 aromatic heterocycles. The number of rotatable bonds is 2. The monoisotopic (exact) mass is 266 g/mol. The van der Waals surface area contributed by atoms with Crippen molar-refractivity contribution < 1.29 is 4.79 Å². The number of hydrogen-bond donors (Lipinski definition) is 0. The van der Waals surface area contributed by atoms with Gasteiger partial charge in [0.15, 0.2) is 6.29 Å². The predicted octanol–water partition coefficient (Wildman–Crippen LogP) is 3.99. The molecule has 0 unspecified atom stereocenters. The lowest BCUT2D eigenvalue weighted by atomic mass is 10.1. The topological polar surface area (TPSA) is 17.1 Å². The molecule has 0 N–H and O–H groups in total. The molecule has 0 atom stereocenters. The number of halogens is 1. The van der Waals surface area contributed by atoms with Crippen LogP contribution in [0.15, 0.2) is 40.2 Å². The smallest absolute Gasteiger partial charge is 0.160 e. The largest absolute Gasteiger partial charge is 0.297 e. The molecule has 2 aromatic rings. The highest BCUT2D eigenvalue weighted by Crippen LogP contribution is 2.30. The summed E-state index contributed by atoms with van der Waals surface area (Å²) in [5.41, 5.74) is 2.21. The summed E-state index contributed by atoms with van der Waals surface area (Å²) in [6, 6.07) is 9.88. The Balaban J connectivity index is 2.49. The van der Waals surface area contributed by atoms with Gasteiger partial charge in [-0.25, -0.2) is 0 Å². The van der Waals surface area contributed by atoms with E-state index in [1.165, 1.54) is 11.3 Å². The molecule has 0 aliphatic rings. The van der Waals surface area contributed by atoms with Crippen LogP contribution in [0.25, 0.3) is 11.1 Å². The van der Waals surface area contributed by atoms with Crippen LogP contribution in [-0.2, 0) is 0 Å². The summed E-state index contributed by atoms with van der Waals surface area (Å²) < 4.78 is 1.05. The van der Waals surface area contributed by atoms with Gasteiger partial charge in [0.1, 0.15) is 0 Å². The number of aldehydes is 1. The zero-order valence-corrected chi connectivity index (χ0v) is 9.64. The van der Waals surface area contributed by atoms with E-state index in [4.69, 9.17) is 0 Å². The van der Waals surface area contributed by atoms with Crippen molar-refractivity contribution in [3.63, 3.8) is 0 Å². The fourth-order valence-corrected chi connectivity index (χ4v) is 2.47. The summed E-state index contributed by atoms with van der Waals surface area (Å²) in [4.78, 5) is 11.3. The highest BCUT2D eigenvalue weighted by molar-refractivity contribution is 9.10. The molecular formula is C11H7BrOS. The van der Waals surface area contributed by atoms with Crippen LogP contribution in [0.2, 0.25) is 0 Å². The normalized spacial score (nSPS) is 10.1. The summed E-state index contributed by atoms with van der Waals surface area (Å²) in [5.74, 6) is 0. The fraction of sp³-hybridized carbons (Fsp3) is 0. The predicted molar refractivity (Wildman–Crippen MR) is 62.8 cm³/mol.